The lowest BCUT2D eigenvalue weighted by Gasteiger charge is -2.10. The SMILES string of the molecule is C[C@]1(C(=O)OCc2cc(-c3ccco3)on2)CC1(Cl)Cl. The highest BCUT2D eigenvalue weighted by molar-refractivity contribution is 6.53. The van der Waals surface area contributed by atoms with Crippen LogP contribution < -0.4 is 0 Å². The minimum Gasteiger partial charge on any atom is -0.461 e. The molecule has 1 saturated carbocycles. The van der Waals surface area contributed by atoms with Gasteiger partial charge in [-0.15, -0.1) is 23.2 Å². The van der Waals surface area contributed by atoms with Gasteiger partial charge in [0.1, 0.15) is 22.0 Å². The minimum atomic E-state index is -1.03. The molecule has 0 radical (unpaired) electrons. The Morgan fingerprint density at radius 1 is 1.50 bits per heavy atom. The number of ether oxygens (including phenoxy) is 1. The Kier molecular flexibility index (Phi) is 3.06. The first-order valence-corrected chi connectivity index (χ1v) is 6.72. The third-order valence-electron chi connectivity index (χ3n) is 3.38. The normalized spacial score (nSPS) is 23.6. The van der Waals surface area contributed by atoms with Gasteiger partial charge in [0, 0.05) is 12.5 Å². The molecule has 2 aromatic rings. The molecule has 1 atom stereocenters. The van der Waals surface area contributed by atoms with E-state index in [1.54, 1.807) is 25.1 Å². The van der Waals surface area contributed by atoms with Gasteiger partial charge in [-0.3, -0.25) is 4.79 Å². The zero-order valence-electron chi connectivity index (χ0n) is 10.6. The molecule has 20 heavy (non-hydrogen) atoms. The average Bonchev–Trinajstić information content (AvgIpc) is 2.92. The van der Waals surface area contributed by atoms with E-state index in [4.69, 9.17) is 36.9 Å². The van der Waals surface area contributed by atoms with Gasteiger partial charge in [0.25, 0.3) is 0 Å². The number of hydrogen-bond acceptors (Lipinski definition) is 5. The minimum absolute atomic E-state index is 0.00247. The number of hydrogen-bond donors (Lipinski definition) is 0. The van der Waals surface area contributed by atoms with E-state index in [0.29, 0.717) is 23.6 Å². The standard InChI is InChI=1S/C13H11Cl2NO4/c1-12(7-13(12,14)15)11(17)19-6-8-5-10(20-16-8)9-3-2-4-18-9/h2-5H,6-7H2,1H3/t12-/m1/s1. The Bertz CT molecular complexity index is 635. The lowest BCUT2D eigenvalue weighted by Crippen LogP contribution is -2.21. The molecule has 3 rings (SSSR count). The molecule has 1 fully saturated rings. The molecule has 0 saturated heterocycles. The third-order valence-corrected chi connectivity index (χ3v) is 4.48. The number of carbonyl (C=O) groups is 1. The smallest absolute Gasteiger partial charge is 0.315 e. The van der Waals surface area contributed by atoms with Crippen LogP contribution in [0.5, 0.6) is 0 Å². The van der Waals surface area contributed by atoms with E-state index < -0.39 is 15.7 Å². The number of carbonyl (C=O) groups excluding carboxylic acids is 1. The summed E-state index contributed by atoms with van der Waals surface area (Å²) in [5, 5.41) is 3.80. The van der Waals surface area contributed by atoms with Crippen molar-refractivity contribution in [3.63, 3.8) is 0 Å². The number of nitrogens with zero attached hydrogens (tertiary/aromatic N) is 1. The van der Waals surface area contributed by atoms with Crippen LogP contribution in [-0.2, 0) is 16.1 Å². The quantitative estimate of drug-likeness (QED) is 0.637. The number of esters is 1. The van der Waals surface area contributed by atoms with Crippen LogP contribution in [0, 0.1) is 5.41 Å². The monoisotopic (exact) mass is 315 g/mol. The van der Waals surface area contributed by atoms with E-state index in [9.17, 15) is 4.79 Å². The fourth-order valence-corrected chi connectivity index (χ4v) is 2.52. The van der Waals surface area contributed by atoms with Gasteiger partial charge in [0.05, 0.1) is 6.26 Å². The largest absolute Gasteiger partial charge is 0.461 e. The summed E-state index contributed by atoms with van der Waals surface area (Å²) in [6.45, 7) is 1.68. The van der Waals surface area contributed by atoms with Crippen molar-refractivity contribution < 1.29 is 18.5 Å². The Morgan fingerprint density at radius 3 is 2.85 bits per heavy atom. The second-order valence-corrected chi connectivity index (χ2v) is 6.43. The number of alkyl halides is 2. The second kappa shape index (κ2) is 4.53. The maximum Gasteiger partial charge on any atom is 0.315 e. The van der Waals surface area contributed by atoms with Crippen molar-refractivity contribution in [3.8, 4) is 11.5 Å². The Morgan fingerprint density at radius 2 is 2.25 bits per heavy atom. The summed E-state index contributed by atoms with van der Waals surface area (Å²) in [7, 11) is 0. The van der Waals surface area contributed by atoms with Crippen LogP contribution in [0.4, 0.5) is 0 Å². The molecule has 5 nitrogen and oxygen atoms in total. The van der Waals surface area contributed by atoms with Crippen LogP contribution in [0.1, 0.15) is 19.0 Å². The summed E-state index contributed by atoms with van der Waals surface area (Å²) in [6.07, 6.45) is 1.92. The van der Waals surface area contributed by atoms with Crippen molar-refractivity contribution in [2.75, 3.05) is 0 Å². The van der Waals surface area contributed by atoms with Gasteiger partial charge in [-0.2, -0.15) is 0 Å². The molecule has 2 aromatic heterocycles. The Hall–Kier alpha value is -1.46. The van der Waals surface area contributed by atoms with Gasteiger partial charge >= 0.3 is 5.97 Å². The molecule has 0 N–H and O–H groups in total. The van der Waals surface area contributed by atoms with E-state index in [-0.39, 0.29) is 6.61 Å². The number of aromatic nitrogens is 1. The Labute approximate surface area is 124 Å². The Balaban J connectivity index is 1.61. The van der Waals surface area contributed by atoms with Crippen LogP contribution in [-0.4, -0.2) is 15.5 Å². The molecule has 1 aliphatic rings. The first-order chi connectivity index (χ1) is 9.42. The maximum atomic E-state index is 11.9. The molecular weight excluding hydrogens is 305 g/mol. The van der Waals surface area contributed by atoms with E-state index in [0.717, 1.165) is 0 Å². The molecule has 0 aromatic carbocycles. The van der Waals surface area contributed by atoms with E-state index in [2.05, 4.69) is 5.16 Å². The number of furan rings is 1. The molecule has 0 bridgehead atoms. The first kappa shape index (κ1) is 13.5. The van der Waals surface area contributed by atoms with Gasteiger partial charge in [0.2, 0.25) is 5.76 Å². The zero-order chi connectivity index (χ0) is 14.4. The fourth-order valence-electron chi connectivity index (χ4n) is 1.83. The predicted molar refractivity (Wildman–Crippen MR) is 71.2 cm³/mol. The summed E-state index contributed by atoms with van der Waals surface area (Å²) in [6, 6.07) is 5.14. The summed E-state index contributed by atoms with van der Waals surface area (Å²) in [5.74, 6) is 0.595. The number of halogens is 2. The zero-order valence-corrected chi connectivity index (χ0v) is 12.1. The molecule has 0 spiro atoms. The third kappa shape index (κ3) is 2.21. The van der Waals surface area contributed by atoms with Crippen LogP contribution in [0.2, 0.25) is 0 Å². The van der Waals surface area contributed by atoms with Crippen molar-refractivity contribution in [3.05, 3.63) is 30.2 Å². The van der Waals surface area contributed by atoms with Crippen molar-refractivity contribution >= 4 is 29.2 Å². The van der Waals surface area contributed by atoms with Crippen molar-refractivity contribution in [2.45, 2.75) is 24.3 Å². The van der Waals surface area contributed by atoms with Gasteiger partial charge in [-0.1, -0.05) is 5.16 Å². The summed E-state index contributed by atoms with van der Waals surface area (Å²) in [5.41, 5.74) is -0.354. The molecular formula is C13H11Cl2NO4. The topological polar surface area (TPSA) is 65.5 Å². The fraction of sp³-hybridized carbons (Fsp3) is 0.385. The van der Waals surface area contributed by atoms with Crippen LogP contribution in [0.15, 0.2) is 33.4 Å². The molecule has 0 unspecified atom stereocenters. The van der Waals surface area contributed by atoms with Crippen molar-refractivity contribution in [2.24, 2.45) is 5.41 Å². The lowest BCUT2D eigenvalue weighted by atomic mass is 10.1. The molecule has 7 heteroatoms. The van der Waals surface area contributed by atoms with E-state index in [1.165, 1.54) is 6.26 Å². The molecule has 0 amide bonds. The molecule has 106 valence electrons. The van der Waals surface area contributed by atoms with Gasteiger partial charge < -0.3 is 13.7 Å². The maximum absolute atomic E-state index is 11.9. The summed E-state index contributed by atoms with van der Waals surface area (Å²) >= 11 is 11.8. The van der Waals surface area contributed by atoms with Gasteiger partial charge in [-0.25, -0.2) is 0 Å². The second-order valence-electron chi connectivity index (χ2n) is 4.95. The van der Waals surface area contributed by atoms with Crippen molar-refractivity contribution in [1.82, 2.24) is 5.16 Å². The van der Waals surface area contributed by atoms with E-state index >= 15 is 0 Å². The highest BCUT2D eigenvalue weighted by Crippen LogP contribution is 2.64. The lowest BCUT2D eigenvalue weighted by molar-refractivity contribution is -0.151. The summed E-state index contributed by atoms with van der Waals surface area (Å²) < 4.78 is 14.4. The van der Waals surface area contributed by atoms with Crippen molar-refractivity contribution in [1.29, 1.82) is 0 Å². The highest BCUT2D eigenvalue weighted by Gasteiger charge is 2.69. The van der Waals surface area contributed by atoms with E-state index in [1.807, 2.05) is 0 Å². The van der Waals surface area contributed by atoms with Gasteiger partial charge in [0.15, 0.2) is 5.76 Å². The molecule has 1 aliphatic carbocycles. The average molecular weight is 316 g/mol. The van der Waals surface area contributed by atoms with Crippen LogP contribution >= 0.6 is 23.2 Å². The molecule has 2 heterocycles. The summed E-state index contributed by atoms with van der Waals surface area (Å²) in [4.78, 5) is 11.9. The van der Waals surface area contributed by atoms with Crippen LogP contribution in [0.25, 0.3) is 11.5 Å². The number of rotatable bonds is 4. The molecule has 0 aliphatic heterocycles. The van der Waals surface area contributed by atoms with Crippen LogP contribution in [0.3, 0.4) is 0 Å². The predicted octanol–water partition coefficient (Wildman–Crippen LogP) is 3.56. The van der Waals surface area contributed by atoms with Gasteiger partial charge in [-0.05, 0) is 19.1 Å². The highest BCUT2D eigenvalue weighted by atomic mass is 35.5. The first-order valence-electron chi connectivity index (χ1n) is 5.97.